The summed E-state index contributed by atoms with van der Waals surface area (Å²) in [7, 11) is 0. The van der Waals surface area contributed by atoms with E-state index in [1.54, 1.807) is 0 Å². The number of likely N-dealkylation sites (tertiary alicyclic amines) is 1. The number of rotatable bonds is 5. The third-order valence-corrected chi connectivity index (χ3v) is 3.88. The smallest absolute Gasteiger partial charge is 0.295 e. The number of nitrogens with one attached hydrogen (secondary N) is 1. The summed E-state index contributed by atoms with van der Waals surface area (Å²) in [5.74, 6) is -2.00. The highest BCUT2D eigenvalue weighted by Crippen LogP contribution is 2.30. The van der Waals surface area contributed by atoms with E-state index in [-0.39, 0.29) is 11.6 Å². The molecule has 0 aliphatic carbocycles. The first-order chi connectivity index (χ1) is 9.90. The molecule has 116 valence electrons. The Labute approximate surface area is 122 Å². The molecule has 1 heterocycles. The van der Waals surface area contributed by atoms with Crippen molar-refractivity contribution < 1.29 is 13.7 Å². The van der Waals surface area contributed by atoms with Gasteiger partial charge in [-0.15, -0.1) is 0 Å². The van der Waals surface area contributed by atoms with E-state index in [0.717, 1.165) is 31.6 Å². The van der Waals surface area contributed by atoms with Crippen LogP contribution in [0.2, 0.25) is 0 Å². The second-order valence-electron chi connectivity index (χ2n) is 5.64. The van der Waals surface area contributed by atoms with Crippen LogP contribution in [-0.2, 0) is 0 Å². The maximum atomic E-state index is 13.7. The van der Waals surface area contributed by atoms with Gasteiger partial charge in [0.25, 0.3) is 5.69 Å². The topological polar surface area (TPSA) is 58.4 Å². The van der Waals surface area contributed by atoms with Crippen molar-refractivity contribution in [2.45, 2.75) is 26.3 Å². The van der Waals surface area contributed by atoms with Crippen molar-refractivity contribution in [3.8, 4) is 0 Å². The lowest BCUT2D eigenvalue weighted by molar-refractivity contribution is -0.384. The molecule has 5 nitrogen and oxygen atoms in total. The highest BCUT2D eigenvalue weighted by Gasteiger charge is 2.26. The molecule has 2 rings (SSSR count). The van der Waals surface area contributed by atoms with Crippen LogP contribution in [0, 0.1) is 27.7 Å². The van der Waals surface area contributed by atoms with Crippen molar-refractivity contribution >= 4 is 11.4 Å². The normalized spacial score (nSPS) is 19.2. The fourth-order valence-corrected chi connectivity index (χ4v) is 2.61. The summed E-state index contributed by atoms with van der Waals surface area (Å²) in [6, 6.07) is 2.19. The van der Waals surface area contributed by atoms with Gasteiger partial charge in [0.2, 0.25) is 0 Å². The summed E-state index contributed by atoms with van der Waals surface area (Å²) in [4.78, 5) is 12.5. The number of benzene rings is 1. The van der Waals surface area contributed by atoms with Gasteiger partial charge in [-0.1, -0.05) is 0 Å². The molecule has 1 N–H and O–H groups in total. The van der Waals surface area contributed by atoms with Crippen molar-refractivity contribution in [1.29, 1.82) is 0 Å². The zero-order valence-corrected chi connectivity index (χ0v) is 12.1. The van der Waals surface area contributed by atoms with Gasteiger partial charge in [0.05, 0.1) is 4.92 Å². The monoisotopic (exact) mass is 299 g/mol. The van der Waals surface area contributed by atoms with Gasteiger partial charge in [-0.3, -0.25) is 10.1 Å². The Kier molecular flexibility index (Phi) is 4.72. The predicted octanol–water partition coefficient (Wildman–Crippen LogP) is 3.02. The highest BCUT2D eigenvalue weighted by atomic mass is 19.2. The van der Waals surface area contributed by atoms with E-state index in [1.165, 1.54) is 0 Å². The van der Waals surface area contributed by atoms with Crippen LogP contribution in [0.5, 0.6) is 0 Å². The number of halogens is 2. The predicted molar refractivity (Wildman–Crippen MR) is 76.3 cm³/mol. The molecule has 1 unspecified atom stereocenters. The van der Waals surface area contributed by atoms with Crippen molar-refractivity contribution in [2.75, 3.05) is 25.0 Å². The largest absolute Gasteiger partial charge is 0.377 e. The summed E-state index contributed by atoms with van der Waals surface area (Å²) < 4.78 is 27.0. The van der Waals surface area contributed by atoms with Gasteiger partial charge in [0, 0.05) is 25.2 Å². The zero-order valence-electron chi connectivity index (χ0n) is 12.1. The molecule has 7 heteroatoms. The minimum atomic E-state index is -1.19. The molecule has 0 bridgehead atoms. The van der Waals surface area contributed by atoms with Gasteiger partial charge in [-0.05, 0) is 38.8 Å². The maximum Gasteiger partial charge on any atom is 0.295 e. The third-order valence-electron chi connectivity index (χ3n) is 3.88. The molecule has 1 aromatic carbocycles. The average molecular weight is 299 g/mol. The number of anilines is 1. The van der Waals surface area contributed by atoms with Gasteiger partial charge in [0.1, 0.15) is 0 Å². The molecule has 0 spiro atoms. The van der Waals surface area contributed by atoms with E-state index < -0.39 is 22.2 Å². The Bertz CT molecular complexity index is 537. The molecule has 1 aromatic rings. The Morgan fingerprint density at radius 3 is 2.76 bits per heavy atom. The van der Waals surface area contributed by atoms with E-state index >= 15 is 0 Å². The van der Waals surface area contributed by atoms with E-state index in [1.807, 2.05) is 0 Å². The Hall–Kier alpha value is -1.76. The minimum absolute atomic E-state index is 0.273. The molecular weight excluding hydrogens is 280 g/mol. The van der Waals surface area contributed by atoms with Crippen LogP contribution in [0.4, 0.5) is 20.2 Å². The van der Waals surface area contributed by atoms with Gasteiger partial charge in [-0.25, -0.2) is 8.78 Å². The molecule has 0 saturated carbocycles. The second kappa shape index (κ2) is 6.34. The summed E-state index contributed by atoms with van der Waals surface area (Å²) in [6.07, 6.45) is 0.940. The Morgan fingerprint density at radius 2 is 2.19 bits per heavy atom. The average Bonchev–Trinajstić information content (AvgIpc) is 2.89. The quantitative estimate of drug-likeness (QED) is 0.670. The SMILES string of the molecule is CC(C)N1CCC(CNc2c([N+](=O)[O-])ccc(F)c2F)C1. The summed E-state index contributed by atoms with van der Waals surface area (Å²) in [6.45, 7) is 6.41. The molecular formula is C14H19F2N3O2. The fourth-order valence-electron chi connectivity index (χ4n) is 2.61. The van der Waals surface area contributed by atoms with Crippen LogP contribution >= 0.6 is 0 Å². The third kappa shape index (κ3) is 3.47. The van der Waals surface area contributed by atoms with E-state index in [0.29, 0.717) is 12.6 Å². The van der Waals surface area contributed by atoms with Crippen LogP contribution in [0.15, 0.2) is 12.1 Å². The maximum absolute atomic E-state index is 13.7. The molecule has 21 heavy (non-hydrogen) atoms. The van der Waals surface area contributed by atoms with Gasteiger partial charge < -0.3 is 10.2 Å². The first-order valence-corrected chi connectivity index (χ1v) is 7.00. The van der Waals surface area contributed by atoms with E-state index in [9.17, 15) is 18.9 Å². The molecule has 0 aromatic heterocycles. The Morgan fingerprint density at radius 1 is 1.48 bits per heavy atom. The second-order valence-corrected chi connectivity index (χ2v) is 5.64. The summed E-state index contributed by atoms with van der Waals surface area (Å²) in [5.41, 5.74) is -0.796. The van der Waals surface area contributed by atoms with Crippen LogP contribution in [0.25, 0.3) is 0 Å². The first-order valence-electron chi connectivity index (χ1n) is 7.00. The molecule has 1 saturated heterocycles. The van der Waals surface area contributed by atoms with Crippen molar-refractivity contribution in [3.63, 3.8) is 0 Å². The molecule has 1 aliphatic heterocycles. The van der Waals surface area contributed by atoms with Gasteiger partial charge >= 0.3 is 0 Å². The minimum Gasteiger partial charge on any atom is -0.377 e. The van der Waals surface area contributed by atoms with Crippen molar-refractivity contribution in [3.05, 3.63) is 33.9 Å². The lowest BCUT2D eigenvalue weighted by atomic mass is 10.1. The van der Waals surface area contributed by atoms with Crippen molar-refractivity contribution in [2.24, 2.45) is 5.92 Å². The lowest BCUT2D eigenvalue weighted by Crippen LogP contribution is -2.29. The van der Waals surface area contributed by atoms with Crippen LogP contribution < -0.4 is 5.32 Å². The van der Waals surface area contributed by atoms with Crippen molar-refractivity contribution in [1.82, 2.24) is 4.90 Å². The van der Waals surface area contributed by atoms with Gasteiger partial charge in [0.15, 0.2) is 17.3 Å². The standard InChI is InChI=1S/C14H19F2N3O2/c1-9(2)18-6-5-10(8-18)7-17-14-12(19(20)21)4-3-11(15)13(14)16/h3-4,9-10,17H,5-8H2,1-2H3. The molecule has 1 atom stereocenters. The van der Waals surface area contributed by atoms with Gasteiger partial charge in [-0.2, -0.15) is 0 Å². The number of nitro benzene ring substituents is 1. The van der Waals surface area contributed by atoms with E-state index in [2.05, 4.69) is 24.1 Å². The lowest BCUT2D eigenvalue weighted by Gasteiger charge is -2.20. The first kappa shape index (κ1) is 15.6. The summed E-state index contributed by atoms with van der Waals surface area (Å²) >= 11 is 0. The van der Waals surface area contributed by atoms with E-state index in [4.69, 9.17) is 0 Å². The molecule has 1 aliphatic rings. The number of hydrogen-bond donors (Lipinski definition) is 1. The summed E-state index contributed by atoms with van der Waals surface area (Å²) in [5, 5.41) is 13.6. The molecule has 0 radical (unpaired) electrons. The van der Waals surface area contributed by atoms with Crippen LogP contribution in [0.3, 0.4) is 0 Å². The highest BCUT2D eigenvalue weighted by molar-refractivity contribution is 5.62. The van der Waals surface area contributed by atoms with Crippen LogP contribution in [-0.4, -0.2) is 35.5 Å². The number of nitro groups is 1. The Balaban J connectivity index is 2.07. The molecule has 0 amide bonds. The van der Waals surface area contributed by atoms with Crippen LogP contribution in [0.1, 0.15) is 20.3 Å². The molecule has 1 fully saturated rings. The fraction of sp³-hybridized carbons (Fsp3) is 0.571. The number of nitrogens with zero attached hydrogens (tertiary/aromatic N) is 2. The number of hydrogen-bond acceptors (Lipinski definition) is 4. The zero-order chi connectivity index (χ0) is 15.6.